The third-order valence-corrected chi connectivity index (χ3v) is 2.49. The minimum atomic E-state index is -0.570. The van der Waals surface area contributed by atoms with Crippen LogP contribution < -0.4 is 15.4 Å². The number of hydrogen-bond donors (Lipinski definition) is 2. The number of halogens is 1. The molecule has 0 saturated heterocycles. The van der Waals surface area contributed by atoms with E-state index in [0.717, 1.165) is 5.56 Å². The van der Waals surface area contributed by atoms with Crippen LogP contribution in [-0.4, -0.2) is 24.4 Å². The number of carbonyl (C=O) groups is 2. The van der Waals surface area contributed by atoms with Crippen LogP contribution in [0.2, 0.25) is 0 Å². The fraction of sp³-hybridized carbons (Fsp3) is 0.273. The van der Waals surface area contributed by atoms with Crippen LogP contribution in [0.15, 0.2) is 18.2 Å². The molecule has 0 radical (unpaired) electrons. The number of fused-ring (bicyclic) bond motifs is 1. The first-order valence-corrected chi connectivity index (χ1v) is 5.52. The Morgan fingerprint density at radius 1 is 1.53 bits per heavy atom. The van der Waals surface area contributed by atoms with Crippen molar-refractivity contribution in [3.63, 3.8) is 0 Å². The molecule has 2 amide bonds. The summed E-state index contributed by atoms with van der Waals surface area (Å²) in [4.78, 5) is 21.6. The van der Waals surface area contributed by atoms with E-state index in [-0.39, 0.29) is 12.5 Å². The maximum Gasteiger partial charge on any atom is 0.313 e. The molecule has 17 heavy (non-hydrogen) atoms. The summed E-state index contributed by atoms with van der Waals surface area (Å²) in [5, 5.41) is 4.64. The van der Waals surface area contributed by atoms with Crippen LogP contribution in [0.4, 0.5) is 10.5 Å². The van der Waals surface area contributed by atoms with Gasteiger partial charge in [-0.1, -0.05) is 6.07 Å². The summed E-state index contributed by atoms with van der Waals surface area (Å²) in [7, 11) is 0. The Bertz CT molecular complexity index is 462. The van der Waals surface area contributed by atoms with E-state index in [2.05, 4.69) is 10.6 Å². The van der Waals surface area contributed by atoms with Crippen molar-refractivity contribution in [2.24, 2.45) is 0 Å². The lowest BCUT2D eigenvalue weighted by atomic mass is 10.1. The standard InChI is InChI=1S/C11H11ClN2O3/c12-11(16)13-4-3-7-1-2-9-8(5-7)14-10(15)6-17-9/h1-2,5H,3-4,6H2,(H,13,16)(H,14,15). The lowest BCUT2D eigenvalue weighted by Gasteiger charge is -2.18. The molecule has 1 aromatic rings. The first-order chi connectivity index (χ1) is 8.15. The number of hydrogen-bond acceptors (Lipinski definition) is 3. The van der Waals surface area contributed by atoms with Gasteiger partial charge in [0.15, 0.2) is 6.61 Å². The largest absolute Gasteiger partial charge is 0.482 e. The second kappa shape index (κ2) is 5.05. The minimum Gasteiger partial charge on any atom is -0.482 e. The van der Waals surface area contributed by atoms with Gasteiger partial charge in [-0.15, -0.1) is 0 Å². The molecule has 1 aliphatic heterocycles. The second-order valence-electron chi connectivity index (χ2n) is 3.62. The monoisotopic (exact) mass is 254 g/mol. The van der Waals surface area contributed by atoms with Crippen LogP contribution in [-0.2, 0) is 11.2 Å². The van der Waals surface area contributed by atoms with E-state index in [9.17, 15) is 9.59 Å². The number of amides is 2. The molecule has 2 N–H and O–H groups in total. The van der Waals surface area contributed by atoms with Gasteiger partial charge in [0.2, 0.25) is 0 Å². The Morgan fingerprint density at radius 3 is 3.12 bits per heavy atom. The zero-order chi connectivity index (χ0) is 12.3. The number of rotatable bonds is 3. The molecule has 0 spiro atoms. The highest BCUT2D eigenvalue weighted by Gasteiger charge is 2.15. The molecule has 1 heterocycles. The lowest BCUT2D eigenvalue weighted by Crippen LogP contribution is -2.25. The number of benzene rings is 1. The average Bonchev–Trinajstić information content (AvgIpc) is 2.28. The van der Waals surface area contributed by atoms with Gasteiger partial charge >= 0.3 is 5.37 Å². The molecule has 0 saturated carbocycles. The van der Waals surface area contributed by atoms with E-state index >= 15 is 0 Å². The Kier molecular flexibility index (Phi) is 3.49. The highest BCUT2D eigenvalue weighted by Crippen LogP contribution is 2.28. The minimum absolute atomic E-state index is 0.0502. The highest BCUT2D eigenvalue weighted by atomic mass is 35.5. The Morgan fingerprint density at radius 2 is 2.35 bits per heavy atom. The van der Waals surface area contributed by atoms with Crippen molar-refractivity contribution >= 4 is 28.6 Å². The quantitative estimate of drug-likeness (QED) is 0.635. The molecule has 0 aromatic heterocycles. The van der Waals surface area contributed by atoms with E-state index in [0.29, 0.717) is 24.4 Å². The average molecular weight is 255 g/mol. The van der Waals surface area contributed by atoms with Crippen LogP contribution in [0.3, 0.4) is 0 Å². The number of ether oxygens (including phenoxy) is 1. The Hall–Kier alpha value is -1.75. The number of nitrogens with one attached hydrogen (secondary N) is 2. The molecular formula is C11H11ClN2O3. The van der Waals surface area contributed by atoms with Crippen molar-refractivity contribution in [2.45, 2.75) is 6.42 Å². The van der Waals surface area contributed by atoms with E-state index in [4.69, 9.17) is 16.3 Å². The highest BCUT2D eigenvalue weighted by molar-refractivity contribution is 6.62. The van der Waals surface area contributed by atoms with Crippen LogP contribution >= 0.6 is 11.6 Å². The van der Waals surface area contributed by atoms with Crippen molar-refractivity contribution in [3.05, 3.63) is 23.8 Å². The van der Waals surface area contributed by atoms with Crippen molar-refractivity contribution in [1.82, 2.24) is 5.32 Å². The predicted octanol–water partition coefficient (Wildman–Crippen LogP) is 1.51. The van der Waals surface area contributed by atoms with Crippen LogP contribution in [0.1, 0.15) is 5.56 Å². The third kappa shape index (κ3) is 3.10. The fourth-order valence-corrected chi connectivity index (χ4v) is 1.69. The fourth-order valence-electron chi connectivity index (χ4n) is 1.59. The molecule has 2 rings (SSSR count). The molecule has 0 bridgehead atoms. The summed E-state index contributed by atoms with van der Waals surface area (Å²) in [5.41, 5.74) is 1.65. The van der Waals surface area contributed by atoms with Crippen molar-refractivity contribution in [3.8, 4) is 5.75 Å². The molecule has 1 aromatic carbocycles. The van der Waals surface area contributed by atoms with Gasteiger partial charge in [-0.3, -0.25) is 9.59 Å². The third-order valence-electron chi connectivity index (χ3n) is 2.35. The predicted molar refractivity (Wildman–Crippen MR) is 63.5 cm³/mol. The zero-order valence-corrected chi connectivity index (χ0v) is 9.71. The molecule has 5 nitrogen and oxygen atoms in total. The first-order valence-electron chi connectivity index (χ1n) is 5.14. The lowest BCUT2D eigenvalue weighted by molar-refractivity contribution is -0.118. The zero-order valence-electron chi connectivity index (χ0n) is 8.96. The normalized spacial score (nSPS) is 13.4. The van der Waals surface area contributed by atoms with Crippen molar-refractivity contribution < 1.29 is 14.3 Å². The number of carbonyl (C=O) groups excluding carboxylic acids is 2. The van der Waals surface area contributed by atoms with E-state index in [1.165, 1.54) is 0 Å². The van der Waals surface area contributed by atoms with E-state index in [1.54, 1.807) is 6.07 Å². The smallest absolute Gasteiger partial charge is 0.313 e. The van der Waals surface area contributed by atoms with Crippen LogP contribution in [0, 0.1) is 0 Å². The molecule has 90 valence electrons. The van der Waals surface area contributed by atoms with Gasteiger partial charge in [-0.05, 0) is 35.7 Å². The first kappa shape index (κ1) is 11.7. The molecular weight excluding hydrogens is 244 g/mol. The van der Waals surface area contributed by atoms with Crippen LogP contribution in [0.25, 0.3) is 0 Å². The summed E-state index contributed by atoms with van der Waals surface area (Å²) in [6, 6.07) is 5.51. The van der Waals surface area contributed by atoms with Gasteiger partial charge in [0.1, 0.15) is 5.75 Å². The summed E-state index contributed by atoms with van der Waals surface area (Å²) < 4.78 is 5.23. The molecule has 1 aliphatic rings. The van der Waals surface area contributed by atoms with Gasteiger partial charge in [-0.25, -0.2) is 0 Å². The van der Waals surface area contributed by atoms with Crippen LogP contribution in [0.5, 0.6) is 5.75 Å². The van der Waals surface area contributed by atoms with Gasteiger partial charge in [0.25, 0.3) is 5.91 Å². The Balaban J connectivity index is 2.02. The van der Waals surface area contributed by atoms with E-state index < -0.39 is 5.37 Å². The summed E-state index contributed by atoms with van der Waals surface area (Å²) >= 11 is 5.15. The van der Waals surface area contributed by atoms with Gasteiger partial charge in [-0.2, -0.15) is 0 Å². The molecule has 6 heteroatoms. The maximum absolute atomic E-state index is 11.1. The van der Waals surface area contributed by atoms with E-state index in [1.807, 2.05) is 12.1 Å². The topological polar surface area (TPSA) is 67.4 Å². The molecule has 0 aliphatic carbocycles. The molecule has 0 fully saturated rings. The second-order valence-corrected chi connectivity index (χ2v) is 3.96. The molecule has 0 unspecified atom stereocenters. The summed E-state index contributed by atoms with van der Waals surface area (Å²) in [6.45, 7) is 0.505. The molecule has 0 atom stereocenters. The van der Waals surface area contributed by atoms with Crippen molar-refractivity contribution in [2.75, 3.05) is 18.5 Å². The van der Waals surface area contributed by atoms with Crippen molar-refractivity contribution in [1.29, 1.82) is 0 Å². The number of anilines is 1. The summed E-state index contributed by atoms with van der Waals surface area (Å²) in [6.07, 6.45) is 0.640. The van der Waals surface area contributed by atoms with Gasteiger partial charge < -0.3 is 15.4 Å². The summed E-state index contributed by atoms with van der Waals surface area (Å²) in [5.74, 6) is 0.499. The SMILES string of the molecule is O=C(Cl)NCCc1ccc2c(c1)NC(=O)CO2. The maximum atomic E-state index is 11.1. The van der Waals surface area contributed by atoms with Gasteiger partial charge in [0, 0.05) is 6.54 Å². The van der Waals surface area contributed by atoms with Gasteiger partial charge in [0.05, 0.1) is 5.69 Å². The Labute approximate surface area is 103 Å².